The van der Waals surface area contributed by atoms with Crippen molar-refractivity contribution in [1.29, 1.82) is 0 Å². The van der Waals surface area contributed by atoms with E-state index in [1.165, 1.54) is 28.7 Å². The second-order valence-corrected chi connectivity index (χ2v) is 6.94. The van der Waals surface area contributed by atoms with Crippen molar-refractivity contribution in [3.8, 4) is 0 Å². The summed E-state index contributed by atoms with van der Waals surface area (Å²) in [6, 6.07) is 2.78. The Kier molecular flexibility index (Phi) is 6.45. The number of rotatable bonds is 3. The maximum atomic E-state index is 5.89. The molecule has 5 heteroatoms. The summed E-state index contributed by atoms with van der Waals surface area (Å²) in [5.74, 6) is 0.737. The van der Waals surface area contributed by atoms with Crippen LogP contribution in [-0.2, 0) is 6.54 Å². The van der Waals surface area contributed by atoms with Crippen LogP contribution in [0, 0.1) is 5.92 Å². The zero-order valence-electron chi connectivity index (χ0n) is 10.1. The van der Waals surface area contributed by atoms with Crippen LogP contribution in [0.4, 0.5) is 0 Å². The van der Waals surface area contributed by atoms with Crippen molar-refractivity contribution in [2.45, 2.75) is 32.4 Å². The molecule has 1 aliphatic heterocycles. The number of likely N-dealkylation sites (tertiary alicyclic amines) is 1. The van der Waals surface area contributed by atoms with Gasteiger partial charge in [0.05, 0.1) is 3.79 Å². The predicted molar refractivity (Wildman–Crippen MR) is 80.9 cm³/mol. The first-order valence-electron chi connectivity index (χ1n) is 5.87. The first-order valence-corrected chi connectivity index (χ1v) is 7.55. The van der Waals surface area contributed by atoms with Gasteiger partial charge in [-0.2, -0.15) is 0 Å². The lowest BCUT2D eigenvalue weighted by atomic mass is 9.90. The average molecular weight is 340 g/mol. The third-order valence-electron chi connectivity index (χ3n) is 3.48. The van der Waals surface area contributed by atoms with Crippen LogP contribution < -0.4 is 5.73 Å². The smallest absolute Gasteiger partial charge is 0.0701 e. The normalized spacial score (nSPS) is 25.6. The Hall–Kier alpha value is 0.390. The Labute approximate surface area is 122 Å². The quantitative estimate of drug-likeness (QED) is 0.913. The fourth-order valence-electron chi connectivity index (χ4n) is 2.58. The van der Waals surface area contributed by atoms with Crippen LogP contribution in [0.5, 0.6) is 0 Å². The summed E-state index contributed by atoms with van der Waals surface area (Å²) < 4.78 is 1.22. The zero-order valence-corrected chi connectivity index (χ0v) is 13.3. The molecule has 1 aromatic heterocycles. The van der Waals surface area contributed by atoms with Gasteiger partial charge < -0.3 is 5.73 Å². The van der Waals surface area contributed by atoms with E-state index in [2.05, 4.69) is 39.2 Å². The molecule has 2 unspecified atom stereocenters. The summed E-state index contributed by atoms with van der Waals surface area (Å²) in [7, 11) is 0. The van der Waals surface area contributed by atoms with Crippen molar-refractivity contribution in [3.63, 3.8) is 0 Å². The molecule has 0 saturated carbocycles. The predicted octanol–water partition coefficient (Wildman–Crippen LogP) is 3.49. The highest BCUT2D eigenvalue weighted by Crippen LogP contribution is 2.27. The maximum Gasteiger partial charge on any atom is 0.0701 e. The van der Waals surface area contributed by atoms with E-state index in [0.29, 0.717) is 6.04 Å². The SMILES string of the molecule is CC1CCCN(Cc2csc(Br)c2)C1CN.Cl. The van der Waals surface area contributed by atoms with E-state index >= 15 is 0 Å². The molecule has 0 radical (unpaired) electrons. The Morgan fingerprint density at radius 3 is 2.94 bits per heavy atom. The van der Waals surface area contributed by atoms with E-state index in [-0.39, 0.29) is 12.4 Å². The highest BCUT2D eigenvalue weighted by atomic mass is 79.9. The summed E-state index contributed by atoms with van der Waals surface area (Å²) in [5.41, 5.74) is 7.30. The maximum absolute atomic E-state index is 5.89. The minimum atomic E-state index is 0. The Morgan fingerprint density at radius 2 is 2.35 bits per heavy atom. The Bertz CT molecular complexity index is 345. The fraction of sp³-hybridized carbons (Fsp3) is 0.667. The van der Waals surface area contributed by atoms with Crippen molar-refractivity contribution in [1.82, 2.24) is 4.90 Å². The average Bonchev–Trinajstić information content (AvgIpc) is 2.64. The molecule has 0 aromatic carbocycles. The monoisotopic (exact) mass is 338 g/mol. The molecule has 2 atom stereocenters. The van der Waals surface area contributed by atoms with Gasteiger partial charge in [0.25, 0.3) is 0 Å². The summed E-state index contributed by atoms with van der Waals surface area (Å²) in [6.07, 6.45) is 2.63. The fourth-order valence-corrected chi connectivity index (χ4v) is 3.78. The molecule has 98 valence electrons. The number of piperidine rings is 1. The minimum absolute atomic E-state index is 0. The minimum Gasteiger partial charge on any atom is -0.329 e. The van der Waals surface area contributed by atoms with Gasteiger partial charge in [0.1, 0.15) is 0 Å². The van der Waals surface area contributed by atoms with Gasteiger partial charge in [0.15, 0.2) is 0 Å². The number of hydrogen-bond acceptors (Lipinski definition) is 3. The van der Waals surface area contributed by atoms with Crippen LogP contribution in [0.1, 0.15) is 25.3 Å². The summed E-state index contributed by atoms with van der Waals surface area (Å²) in [6.45, 7) is 5.35. The standard InChI is InChI=1S/C12H19BrN2S.ClH/c1-9-3-2-4-15(11(9)6-14)7-10-5-12(13)16-8-10;/h5,8-9,11H,2-4,6-7,14H2,1H3;1H. The van der Waals surface area contributed by atoms with E-state index < -0.39 is 0 Å². The van der Waals surface area contributed by atoms with Crippen LogP contribution in [0.2, 0.25) is 0 Å². The second kappa shape index (κ2) is 7.10. The molecule has 0 amide bonds. The number of nitrogens with two attached hydrogens (primary N) is 1. The topological polar surface area (TPSA) is 29.3 Å². The number of halogens is 2. The number of thiophene rings is 1. The van der Waals surface area contributed by atoms with Crippen LogP contribution >= 0.6 is 39.7 Å². The first kappa shape index (κ1) is 15.4. The molecular weight excluding hydrogens is 320 g/mol. The highest BCUT2D eigenvalue weighted by molar-refractivity contribution is 9.11. The highest BCUT2D eigenvalue weighted by Gasteiger charge is 2.27. The molecule has 0 spiro atoms. The Balaban J connectivity index is 0.00000144. The van der Waals surface area contributed by atoms with E-state index in [0.717, 1.165) is 19.0 Å². The van der Waals surface area contributed by atoms with Crippen molar-refractivity contribution >= 4 is 39.7 Å². The van der Waals surface area contributed by atoms with E-state index in [1.807, 2.05) is 0 Å². The van der Waals surface area contributed by atoms with Crippen LogP contribution in [0.3, 0.4) is 0 Å². The summed E-state index contributed by atoms with van der Waals surface area (Å²) >= 11 is 5.28. The molecule has 0 bridgehead atoms. The molecule has 1 fully saturated rings. The first-order chi connectivity index (χ1) is 7.70. The van der Waals surface area contributed by atoms with Crippen LogP contribution in [0.15, 0.2) is 15.2 Å². The van der Waals surface area contributed by atoms with Gasteiger partial charge in [-0.3, -0.25) is 4.90 Å². The second-order valence-electron chi connectivity index (χ2n) is 4.65. The lowest BCUT2D eigenvalue weighted by Crippen LogP contribution is -2.47. The van der Waals surface area contributed by atoms with Gasteiger partial charge in [0.2, 0.25) is 0 Å². The Morgan fingerprint density at radius 1 is 1.59 bits per heavy atom. The summed E-state index contributed by atoms with van der Waals surface area (Å²) in [5, 5.41) is 2.23. The summed E-state index contributed by atoms with van der Waals surface area (Å²) in [4.78, 5) is 2.54. The lowest BCUT2D eigenvalue weighted by Gasteiger charge is -2.39. The van der Waals surface area contributed by atoms with Crippen molar-refractivity contribution in [2.75, 3.05) is 13.1 Å². The van der Waals surface area contributed by atoms with E-state index in [9.17, 15) is 0 Å². The van der Waals surface area contributed by atoms with Crippen molar-refractivity contribution in [3.05, 3.63) is 20.8 Å². The van der Waals surface area contributed by atoms with Gasteiger partial charge in [-0.1, -0.05) is 6.92 Å². The number of hydrogen-bond donors (Lipinski definition) is 1. The molecule has 1 aromatic rings. The molecule has 2 rings (SSSR count). The van der Waals surface area contributed by atoms with E-state index in [4.69, 9.17) is 5.73 Å². The van der Waals surface area contributed by atoms with Crippen LogP contribution in [0.25, 0.3) is 0 Å². The molecule has 2 N–H and O–H groups in total. The molecule has 0 aliphatic carbocycles. The zero-order chi connectivity index (χ0) is 11.5. The van der Waals surface area contributed by atoms with Crippen LogP contribution in [-0.4, -0.2) is 24.0 Å². The lowest BCUT2D eigenvalue weighted by molar-refractivity contribution is 0.0992. The molecule has 1 aliphatic rings. The van der Waals surface area contributed by atoms with Gasteiger partial charge >= 0.3 is 0 Å². The van der Waals surface area contributed by atoms with Gasteiger partial charge in [-0.15, -0.1) is 23.7 Å². The van der Waals surface area contributed by atoms with Crippen molar-refractivity contribution in [2.24, 2.45) is 11.7 Å². The molecule has 17 heavy (non-hydrogen) atoms. The molecule has 2 heterocycles. The third-order valence-corrected chi connectivity index (χ3v) is 5.03. The van der Waals surface area contributed by atoms with Crippen molar-refractivity contribution < 1.29 is 0 Å². The number of nitrogens with zero attached hydrogens (tertiary/aromatic N) is 1. The van der Waals surface area contributed by atoms with E-state index in [1.54, 1.807) is 11.3 Å². The molecular formula is C12H20BrClN2S. The van der Waals surface area contributed by atoms with Gasteiger partial charge in [-0.05, 0) is 58.2 Å². The van der Waals surface area contributed by atoms with Gasteiger partial charge in [-0.25, -0.2) is 0 Å². The molecule has 2 nitrogen and oxygen atoms in total. The third kappa shape index (κ3) is 3.93. The van der Waals surface area contributed by atoms with Gasteiger partial charge in [0, 0.05) is 19.1 Å². The molecule has 1 saturated heterocycles. The largest absolute Gasteiger partial charge is 0.329 e.